The van der Waals surface area contributed by atoms with Crippen LogP contribution in [0.15, 0.2) is 158 Å². The van der Waals surface area contributed by atoms with Crippen molar-refractivity contribution in [2.45, 2.75) is 52.4 Å². The van der Waals surface area contributed by atoms with Gasteiger partial charge < -0.3 is 24.8 Å². The smallest absolute Gasteiger partial charge is 1.00 e. The molecule has 0 unspecified atom stereocenters. The fraction of sp³-hybridized carbons (Fsp3) is 0.167. The summed E-state index contributed by atoms with van der Waals surface area (Å²) in [5.41, 5.74) is 12.5. The molecule has 0 aliphatic heterocycles. The van der Waals surface area contributed by atoms with Gasteiger partial charge in [0.25, 0.3) is 0 Å². The van der Waals surface area contributed by atoms with Gasteiger partial charge in [0.1, 0.15) is 0 Å². The number of aromatic nitrogens is 2. The first-order chi connectivity index (χ1) is 24.0. The summed E-state index contributed by atoms with van der Waals surface area (Å²) in [4.78, 5) is 8.97. The summed E-state index contributed by atoms with van der Waals surface area (Å²) in [6, 6.07) is 52.0. The van der Waals surface area contributed by atoms with Gasteiger partial charge in [0.05, 0.1) is 0 Å². The topological polar surface area (TPSA) is 25.8 Å². The molecule has 2 nitrogen and oxygen atoms in total. The predicted molar refractivity (Wildman–Crippen MR) is 214 cm³/mol. The Morgan fingerprint density at radius 2 is 0.811 bits per heavy atom. The first-order valence-electron chi connectivity index (χ1n) is 17.5. The number of nitrogens with zero attached hydrogens (tertiary/aromatic N) is 2. The van der Waals surface area contributed by atoms with Gasteiger partial charge >= 0.3 is 26.2 Å². The summed E-state index contributed by atoms with van der Waals surface area (Å²) in [5.74, 6) is 0. The van der Waals surface area contributed by atoms with Crippen molar-refractivity contribution in [1.29, 1.82) is 0 Å². The first kappa shape index (κ1) is 41.6. The molecule has 0 aliphatic rings. The number of benzene rings is 4. The van der Waals surface area contributed by atoms with Gasteiger partial charge in [-0.2, -0.15) is 0 Å². The molecular weight excluding hydrogens is 767 g/mol. The van der Waals surface area contributed by atoms with Crippen LogP contribution in [0.4, 0.5) is 0 Å². The van der Waals surface area contributed by atoms with Crippen molar-refractivity contribution in [1.82, 2.24) is 9.97 Å². The quantitative estimate of drug-likeness (QED) is 0.176. The van der Waals surface area contributed by atoms with E-state index in [-0.39, 0.29) is 61.8 Å². The molecular formula is C48H44Cl2N2Zr. The Labute approximate surface area is 346 Å². The minimum atomic E-state index is 0. The predicted octanol–water partition coefficient (Wildman–Crippen LogP) is 7.18. The van der Waals surface area contributed by atoms with Gasteiger partial charge in [-0.25, -0.2) is 0 Å². The van der Waals surface area contributed by atoms with E-state index in [1.165, 1.54) is 66.1 Å². The summed E-state index contributed by atoms with van der Waals surface area (Å²) < 4.78 is 0. The van der Waals surface area contributed by atoms with Gasteiger partial charge in [0.2, 0.25) is 0 Å². The van der Waals surface area contributed by atoms with Crippen LogP contribution < -0.4 is 24.8 Å². The molecule has 6 aromatic carbocycles. The largest absolute Gasteiger partial charge is 4.00 e. The Bertz CT molecular complexity index is 2190. The Kier molecular flexibility index (Phi) is 13.6. The Morgan fingerprint density at radius 1 is 0.434 bits per heavy atom. The third-order valence-corrected chi connectivity index (χ3v) is 9.55. The number of hydrogen-bond acceptors (Lipinski definition) is 2. The molecule has 2 heterocycles. The standard InChI is InChI=1S/2C24H22N.2ClH.Zr/c2*1-24(2,3)20-12-10-17(11-13-20)21-8-6-7-18-15-19(16-22(18)21)23-9-4-5-14-25-23;;;/h2*4-16H,1-3H3;2*1H;/q2*-1;;;+4/p-2. The van der Waals surface area contributed by atoms with E-state index in [0.717, 1.165) is 11.4 Å². The molecule has 53 heavy (non-hydrogen) atoms. The van der Waals surface area contributed by atoms with Crippen LogP contribution in [-0.4, -0.2) is 9.97 Å². The molecule has 0 bridgehead atoms. The van der Waals surface area contributed by atoms with Crippen LogP contribution in [-0.2, 0) is 37.0 Å². The molecule has 264 valence electrons. The van der Waals surface area contributed by atoms with Gasteiger partial charge in [0, 0.05) is 23.8 Å². The van der Waals surface area contributed by atoms with Gasteiger partial charge in [0.15, 0.2) is 0 Å². The maximum atomic E-state index is 4.49. The van der Waals surface area contributed by atoms with Crippen molar-refractivity contribution in [3.63, 3.8) is 0 Å². The fourth-order valence-electron chi connectivity index (χ4n) is 6.64. The van der Waals surface area contributed by atoms with E-state index >= 15 is 0 Å². The van der Waals surface area contributed by atoms with Crippen LogP contribution in [0.3, 0.4) is 0 Å². The normalized spacial score (nSPS) is 11.1. The molecule has 0 saturated heterocycles. The van der Waals surface area contributed by atoms with Gasteiger partial charge in [-0.3, -0.25) is 9.97 Å². The van der Waals surface area contributed by atoms with E-state index in [1.807, 2.05) is 36.7 Å². The molecule has 8 aromatic rings. The molecule has 0 atom stereocenters. The number of halogens is 2. The number of rotatable bonds is 4. The van der Waals surface area contributed by atoms with Gasteiger partial charge in [-0.1, -0.05) is 150 Å². The van der Waals surface area contributed by atoms with E-state index in [1.54, 1.807) is 0 Å². The van der Waals surface area contributed by atoms with Gasteiger partial charge in [-0.05, 0) is 45.2 Å². The fourth-order valence-corrected chi connectivity index (χ4v) is 6.64. The zero-order valence-corrected chi connectivity index (χ0v) is 35.1. The molecule has 0 amide bonds. The maximum Gasteiger partial charge on any atom is 4.00 e. The average Bonchev–Trinajstić information content (AvgIpc) is 3.77. The van der Waals surface area contributed by atoms with Crippen molar-refractivity contribution in [3.8, 4) is 44.8 Å². The van der Waals surface area contributed by atoms with E-state index in [0.29, 0.717) is 0 Å². The first-order valence-corrected chi connectivity index (χ1v) is 17.5. The zero-order valence-electron chi connectivity index (χ0n) is 31.2. The molecule has 8 rings (SSSR count). The molecule has 0 spiro atoms. The Balaban J connectivity index is 0.000000224. The van der Waals surface area contributed by atoms with E-state index in [2.05, 4.69) is 173 Å². The maximum absolute atomic E-state index is 4.49. The third-order valence-electron chi connectivity index (χ3n) is 9.55. The van der Waals surface area contributed by atoms with Crippen LogP contribution in [0.25, 0.3) is 66.3 Å². The number of fused-ring (bicyclic) bond motifs is 2. The van der Waals surface area contributed by atoms with Crippen molar-refractivity contribution >= 4 is 21.5 Å². The minimum absolute atomic E-state index is 0. The van der Waals surface area contributed by atoms with Crippen LogP contribution in [0.1, 0.15) is 52.7 Å². The Hall–Kier alpha value is -4.14. The van der Waals surface area contributed by atoms with Crippen molar-refractivity contribution in [2.24, 2.45) is 0 Å². The number of hydrogen-bond donors (Lipinski definition) is 0. The molecule has 0 saturated carbocycles. The molecule has 0 radical (unpaired) electrons. The van der Waals surface area contributed by atoms with Gasteiger partial charge in [-0.15, -0.1) is 69.1 Å². The van der Waals surface area contributed by atoms with Crippen molar-refractivity contribution in [2.75, 3.05) is 0 Å². The second kappa shape index (κ2) is 17.3. The SMILES string of the molecule is CC(C)(C)c1ccc(-c2cccc3[cH-]c(-c4ccccn4)cc23)cc1.CC(C)(C)c1ccc(-c2cccc3[cH-]c(-c4ccccn4)cc23)cc1.[Cl-].[Cl-].[Zr+4]. The van der Waals surface area contributed by atoms with E-state index in [4.69, 9.17) is 0 Å². The molecule has 5 heteroatoms. The summed E-state index contributed by atoms with van der Waals surface area (Å²) in [6.45, 7) is 13.5. The van der Waals surface area contributed by atoms with E-state index < -0.39 is 0 Å². The summed E-state index contributed by atoms with van der Waals surface area (Å²) in [6.07, 6.45) is 3.69. The third kappa shape index (κ3) is 9.33. The monoisotopic (exact) mass is 808 g/mol. The molecule has 0 fully saturated rings. The zero-order chi connectivity index (χ0) is 34.9. The Morgan fingerprint density at radius 3 is 1.13 bits per heavy atom. The minimum Gasteiger partial charge on any atom is -1.00 e. The second-order valence-corrected chi connectivity index (χ2v) is 15.2. The van der Waals surface area contributed by atoms with Crippen LogP contribution in [0.5, 0.6) is 0 Å². The summed E-state index contributed by atoms with van der Waals surface area (Å²) in [5, 5.41) is 5.09. The van der Waals surface area contributed by atoms with Crippen LogP contribution in [0.2, 0.25) is 0 Å². The second-order valence-electron chi connectivity index (χ2n) is 15.2. The average molecular weight is 811 g/mol. The van der Waals surface area contributed by atoms with Crippen molar-refractivity contribution < 1.29 is 51.0 Å². The summed E-state index contributed by atoms with van der Waals surface area (Å²) >= 11 is 0. The molecule has 0 N–H and O–H groups in total. The van der Waals surface area contributed by atoms with Crippen molar-refractivity contribution in [3.05, 3.63) is 169 Å². The number of pyridine rings is 2. The van der Waals surface area contributed by atoms with E-state index in [9.17, 15) is 0 Å². The van der Waals surface area contributed by atoms with Crippen LogP contribution in [0, 0.1) is 0 Å². The summed E-state index contributed by atoms with van der Waals surface area (Å²) in [7, 11) is 0. The molecule has 0 aliphatic carbocycles. The molecule has 2 aromatic heterocycles. The van der Waals surface area contributed by atoms with Crippen LogP contribution >= 0.6 is 0 Å².